The maximum absolute atomic E-state index is 11.9. The first-order chi connectivity index (χ1) is 8.06. The molecule has 1 N–H and O–H groups in total. The smallest absolute Gasteiger partial charge is 0.266 e. The van der Waals surface area contributed by atoms with Crippen LogP contribution >= 0.6 is 27.3 Å². The van der Waals surface area contributed by atoms with Gasteiger partial charge < -0.3 is 5.32 Å². The van der Waals surface area contributed by atoms with Gasteiger partial charge in [0.05, 0.1) is 4.88 Å². The van der Waals surface area contributed by atoms with Crippen LogP contribution in [0, 0.1) is 13.8 Å². The van der Waals surface area contributed by atoms with Crippen LogP contribution in [-0.4, -0.2) is 10.9 Å². The summed E-state index contributed by atoms with van der Waals surface area (Å²) in [4.78, 5) is 17.9. The van der Waals surface area contributed by atoms with E-state index >= 15 is 0 Å². The van der Waals surface area contributed by atoms with Crippen LogP contribution in [0.15, 0.2) is 28.9 Å². The second-order valence-corrected chi connectivity index (χ2v) is 5.84. The zero-order valence-electron chi connectivity index (χ0n) is 9.45. The fraction of sp³-hybridized carbons (Fsp3) is 0.167. The first kappa shape index (κ1) is 12.3. The molecule has 88 valence electrons. The number of rotatable bonds is 2. The molecule has 5 heteroatoms. The minimum Gasteiger partial charge on any atom is -0.306 e. The molecule has 0 atom stereocenters. The van der Waals surface area contributed by atoms with Gasteiger partial charge in [0.1, 0.15) is 5.82 Å². The lowest BCUT2D eigenvalue weighted by Crippen LogP contribution is -2.11. The van der Waals surface area contributed by atoms with Crippen LogP contribution in [0.25, 0.3) is 0 Å². The van der Waals surface area contributed by atoms with Crippen molar-refractivity contribution in [1.82, 2.24) is 4.98 Å². The molecule has 0 bridgehead atoms. The predicted octanol–water partition coefficient (Wildman–Crippen LogP) is 3.77. The molecular formula is C12H11BrN2OS. The Hall–Kier alpha value is -1.20. The van der Waals surface area contributed by atoms with Crippen molar-refractivity contribution in [2.45, 2.75) is 13.8 Å². The third-order valence-corrected chi connectivity index (χ3v) is 4.00. The quantitative estimate of drug-likeness (QED) is 0.917. The summed E-state index contributed by atoms with van der Waals surface area (Å²) < 4.78 is 0.890. The highest BCUT2D eigenvalue weighted by Crippen LogP contribution is 2.22. The lowest BCUT2D eigenvalue weighted by molar-refractivity contribution is 0.103. The topological polar surface area (TPSA) is 42.0 Å². The van der Waals surface area contributed by atoms with Gasteiger partial charge in [-0.3, -0.25) is 4.79 Å². The molecule has 0 saturated carbocycles. The third-order valence-electron chi connectivity index (χ3n) is 2.35. The van der Waals surface area contributed by atoms with E-state index < -0.39 is 0 Å². The number of nitrogens with zero attached hydrogens (tertiary/aromatic N) is 1. The van der Waals surface area contributed by atoms with Crippen LogP contribution in [0.1, 0.15) is 20.1 Å². The first-order valence-corrected chi connectivity index (χ1v) is 6.67. The molecular weight excluding hydrogens is 300 g/mol. The summed E-state index contributed by atoms with van der Waals surface area (Å²) in [6, 6.07) is 5.48. The monoisotopic (exact) mass is 310 g/mol. The highest BCUT2D eigenvalue weighted by atomic mass is 79.9. The predicted molar refractivity (Wildman–Crippen MR) is 73.7 cm³/mol. The summed E-state index contributed by atoms with van der Waals surface area (Å²) in [5.74, 6) is 0.435. The summed E-state index contributed by atoms with van der Waals surface area (Å²) in [6.45, 7) is 4.01. The number of carbonyl (C=O) groups is 1. The van der Waals surface area contributed by atoms with Gasteiger partial charge in [-0.05, 0) is 37.6 Å². The zero-order chi connectivity index (χ0) is 12.4. The van der Waals surface area contributed by atoms with E-state index in [0.29, 0.717) is 10.7 Å². The van der Waals surface area contributed by atoms with Gasteiger partial charge in [0.15, 0.2) is 0 Å². The number of thiophene rings is 1. The van der Waals surface area contributed by atoms with E-state index in [2.05, 4.69) is 26.2 Å². The van der Waals surface area contributed by atoms with Crippen molar-refractivity contribution >= 4 is 39.0 Å². The van der Waals surface area contributed by atoms with Crippen molar-refractivity contribution in [2.75, 3.05) is 5.32 Å². The molecule has 0 spiro atoms. The molecule has 0 fully saturated rings. The Balaban J connectivity index is 2.17. The summed E-state index contributed by atoms with van der Waals surface area (Å²) in [6.07, 6.45) is 1.64. The molecule has 2 rings (SSSR count). The number of nitrogens with one attached hydrogen (secondary N) is 1. The Kier molecular flexibility index (Phi) is 3.59. The zero-order valence-corrected chi connectivity index (χ0v) is 11.9. The van der Waals surface area contributed by atoms with Crippen molar-refractivity contribution in [3.63, 3.8) is 0 Å². The van der Waals surface area contributed by atoms with Gasteiger partial charge in [-0.25, -0.2) is 4.98 Å². The van der Waals surface area contributed by atoms with Crippen LogP contribution in [0.3, 0.4) is 0 Å². The number of pyridine rings is 1. The first-order valence-electron chi connectivity index (χ1n) is 5.06. The van der Waals surface area contributed by atoms with Crippen LogP contribution in [0.2, 0.25) is 0 Å². The fourth-order valence-electron chi connectivity index (χ4n) is 1.34. The standard InChI is InChI=1S/C12H11BrN2OS/c1-7-5-10(17-8(7)2)12(16)15-11-6-9(13)3-4-14-11/h3-6H,1-2H3,(H,14,15,16). The fourth-order valence-corrected chi connectivity index (χ4v) is 2.60. The lowest BCUT2D eigenvalue weighted by Gasteiger charge is -2.02. The molecule has 17 heavy (non-hydrogen) atoms. The molecule has 2 aromatic rings. The SMILES string of the molecule is Cc1cc(C(=O)Nc2cc(Br)ccn2)sc1C. The van der Waals surface area contributed by atoms with E-state index in [-0.39, 0.29) is 5.91 Å². The minimum absolute atomic E-state index is 0.114. The van der Waals surface area contributed by atoms with Gasteiger partial charge >= 0.3 is 0 Å². The van der Waals surface area contributed by atoms with Crippen molar-refractivity contribution < 1.29 is 4.79 Å². The number of hydrogen-bond acceptors (Lipinski definition) is 3. The summed E-state index contributed by atoms with van der Waals surface area (Å²) in [7, 11) is 0. The van der Waals surface area contributed by atoms with E-state index in [9.17, 15) is 4.79 Å². The molecule has 0 aliphatic heterocycles. The molecule has 3 nitrogen and oxygen atoms in total. The second-order valence-electron chi connectivity index (χ2n) is 3.66. The van der Waals surface area contributed by atoms with E-state index in [1.54, 1.807) is 12.3 Å². The molecule has 1 amide bonds. The van der Waals surface area contributed by atoms with Crippen LogP contribution in [0.5, 0.6) is 0 Å². The molecule has 0 unspecified atom stereocenters. The van der Waals surface area contributed by atoms with E-state index in [1.807, 2.05) is 26.0 Å². The number of anilines is 1. The summed E-state index contributed by atoms with van der Waals surface area (Å²) in [5, 5.41) is 2.77. The van der Waals surface area contributed by atoms with Gasteiger partial charge in [-0.2, -0.15) is 0 Å². The van der Waals surface area contributed by atoms with Crippen molar-refractivity contribution in [3.8, 4) is 0 Å². The van der Waals surface area contributed by atoms with E-state index in [1.165, 1.54) is 11.3 Å². The van der Waals surface area contributed by atoms with Crippen molar-refractivity contribution in [2.24, 2.45) is 0 Å². The van der Waals surface area contributed by atoms with Crippen LogP contribution < -0.4 is 5.32 Å². The Labute approximate surface area is 112 Å². The van der Waals surface area contributed by atoms with E-state index in [4.69, 9.17) is 0 Å². The average molecular weight is 311 g/mol. The van der Waals surface area contributed by atoms with Crippen molar-refractivity contribution in [1.29, 1.82) is 0 Å². The molecule has 0 aliphatic carbocycles. The van der Waals surface area contributed by atoms with Crippen LogP contribution in [0.4, 0.5) is 5.82 Å². The van der Waals surface area contributed by atoms with Gasteiger partial charge in [0, 0.05) is 15.5 Å². The molecule has 0 saturated heterocycles. The van der Waals surface area contributed by atoms with Gasteiger partial charge in [0.2, 0.25) is 0 Å². The molecule has 0 aromatic carbocycles. The number of amides is 1. The maximum atomic E-state index is 11.9. The number of aryl methyl sites for hydroxylation is 2. The summed E-state index contributed by atoms with van der Waals surface area (Å²) in [5.41, 5.74) is 1.14. The Morgan fingerprint density at radius 3 is 2.76 bits per heavy atom. The lowest BCUT2D eigenvalue weighted by atomic mass is 10.3. The maximum Gasteiger partial charge on any atom is 0.266 e. The highest BCUT2D eigenvalue weighted by Gasteiger charge is 2.11. The second kappa shape index (κ2) is 4.98. The van der Waals surface area contributed by atoms with Gasteiger partial charge in [0.25, 0.3) is 5.91 Å². The molecule has 0 radical (unpaired) electrons. The average Bonchev–Trinajstić information content (AvgIpc) is 2.59. The number of aromatic nitrogens is 1. The van der Waals surface area contributed by atoms with Gasteiger partial charge in [-0.15, -0.1) is 11.3 Å². The molecule has 2 heterocycles. The number of halogens is 1. The molecule has 0 aliphatic rings. The van der Waals surface area contributed by atoms with Gasteiger partial charge in [-0.1, -0.05) is 15.9 Å². The number of carbonyl (C=O) groups excluding carboxylic acids is 1. The third kappa shape index (κ3) is 2.92. The Bertz CT molecular complexity index is 546. The Morgan fingerprint density at radius 1 is 1.41 bits per heavy atom. The molecule has 2 aromatic heterocycles. The normalized spacial score (nSPS) is 10.3. The van der Waals surface area contributed by atoms with E-state index in [0.717, 1.165) is 14.9 Å². The van der Waals surface area contributed by atoms with Crippen LogP contribution in [-0.2, 0) is 0 Å². The summed E-state index contributed by atoms with van der Waals surface area (Å²) >= 11 is 4.83. The highest BCUT2D eigenvalue weighted by molar-refractivity contribution is 9.10. The minimum atomic E-state index is -0.114. The largest absolute Gasteiger partial charge is 0.306 e. The number of hydrogen-bond donors (Lipinski definition) is 1. The Morgan fingerprint density at radius 2 is 2.18 bits per heavy atom. The van der Waals surface area contributed by atoms with Crippen molar-refractivity contribution in [3.05, 3.63) is 44.2 Å².